The number of aromatic nitrogens is 6. The summed E-state index contributed by atoms with van der Waals surface area (Å²) >= 11 is 7.06. The van der Waals surface area contributed by atoms with E-state index in [2.05, 4.69) is 15.1 Å². The SMILES string of the molecule is COc1nc2ccc(C(O)(c3ccccn3)c3cncn3C)cc2c(Cl)c1Cc1ccc(-n2cccn2)cc1. The minimum Gasteiger partial charge on any atom is -0.481 e. The average molecular weight is 537 g/mol. The number of aliphatic hydroxyl groups is 1. The van der Waals surface area contributed by atoms with Gasteiger partial charge in [-0.25, -0.2) is 14.6 Å². The fraction of sp³-hybridized carbons (Fsp3) is 0.133. The molecule has 1 unspecified atom stereocenters. The molecular formula is C30H25ClN6O2. The predicted octanol–water partition coefficient (Wildman–Crippen LogP) is 5.09. The van der Waals surface area contributed by atoms with Gasteiger partial charge in [0, 0.05) is 43.0 Å². The van der Waals surface area contributed by atoms with Gasteiger partial charge in [-0.1, -0.05) is 35.9 Å². The second-order valence-corrected chi connectivity index (χ2v) is 9.63. The van der Waals surface area contributed by atoms with Gasteiger partial charge in [0.15, 0.2) is 5.60 Å². The van der Waals surface area contributed by atoms with Crippen molar-refractivity contribution in [2.24, 2.45) is 7.05 Å². The normalized spacial score (nSPS) is 12.9. The highest BCUT2D eigenvalue weighted by molar-refractivity contribution is 6.36. The van der Waals surface area contributed by atoms with Gasteiger partial charge in [-0.05, 0) is 53.6 Å². The minimum atomic E-state index is -1.56. The Bertz CT molecular complexity index is 1750. The van der Waals surface area contributed by atoms with Crippen molar-refractivity contribution in [3.63, 3.8) is 0 Å². The number of aryl methyl sites for hydroxylation is 1. The zero-order valence-electron chi connectivity index (χ0n) is 21.4. The van der Waals surface area contributed by atoms with Gasteiger partial charge < -0.3 is 14.4 Å². The molecule has 1 atom stereocenters. The topological polar surface area (TPSA) is 90.9 Å². The fourth-order valence-electron chi connectivity index (χ4n) is 4.89. The van der Waals surface area contributed by atoms with E-state index >= 15 is 0 Å². The molecule has 0 fully saturated rings. The van der Waals surface area contributed by atoms with E-state index in [0.717, 1.165) is 16.8 Å². The van der Waals surface area contributed by atoms with E-state index in [1.54, 1.807) is 47.3 Å². The lowest BCUT2D eigenvalue weighted by atomic mass is 9.86. The van der Waals surface area contributed by atoms with Crippen LogP contribution in [0.3, 0.4) is 0 Å². The summed E-state index contributed by atoms with van der Waals surface area (Å²) in [4.78, 5) is 13.5. The van der Waals surface area contributed by atoms with Crippen molar-refractivity contribution in [3.8, 4) is 11.6 Å². The first kappa shape index (κ1) is 24.8. The Balaban J connectivity index is 1.46. The number of nitrogens with zero attached hydrogens (tertiary/aromatic N) is 6. The van der Waals surface area contributed by atoms with Crippen LogP contribution in [0.5, 0.6) is 5.88 Å². The average Bonchev–Trinajstić information content (AvgIpc) is 3.67. The number of fused-ring (bicyclic) bond motifs is 1. The van der Waals surface area contributed by atoms with Crippen molar-refractivity contribution in [1.29, 1.82) is 0 Å². The molecule has 0 aliphatic heterocycles. The van der Waals surface area contributed by atoms with Gasteiger partial charge >= 0.3 is 0 Å². The van der Waals surface area contributed by atoms with Gasteiger partial charge in [-0.2, -0.15) is 5.10 Å². The molecule has 0 saturated carbocycles. The molecule has 9 heteroatoms. The Morgan fingerprint density at radius 2 is 1.87 bits per heavy atom. The first-order valence-electron chi connectivity index (χ1n) is 12.3. The second kappa shape index (κ2) is 9.98. The maximum atomic E-state index is 12.2. The first-order chi connectivity index (χ1) is 19.0. The summed E-state index contributed by atoms with van der Waals surface area (Å²) in [6.07, 6.45) is 9.12. The van der Waals surface area contributed by atoms with E-state index in [4.69, 9.17) is 21.3 Å². The molecule has 39 heavy (non-hydrogen) atoms. The van der Waals surface area contributed by atoms with Gasteiger partial charge in [0.05, 0.1) is 47.2 Å². The lowest BCUT2D eigenvalue weighted by Crippen LogP contribution is -2.32. The molecule has 0 bridgehead atoms. The van der Waals surface area contributed by atoms with Gasteiger partial charge in [0.1, 0.15) is 0 Å². The maximum absolute atomic E-state index is 12.2. The van der Waals surface area contributed by atoms with E-state index < -0.39 is 5.60 Å². The quantitative estimate of drug-likeness (QED) is 0.306. The third kappa shape index (κ3) is 4.33. The maximum Gasteiger partial charge on any atom is 0.218 e. The number of rotatable bonds is 7. The molecule has 4 heterocycles. The van der Waals surface area contributed by atoms with Gasteiger partial charge in [-0.3, -0.25) is 4.98 Å². The van der Waals surface area contributed by atoms with E-state index in [1.807, 2.05) is 73.9 Å². The standard InChI is InChI=1S/C30H25ClN6O2/c1-36-19-32-18-27(36)30(38,26-6-3-4-13-33-26)21-9-12-25-23(17-21)28(31)24(29(35-25)39-2)16-20-7-10-22(11-8-20)37-15-5-14-34-37/h3-15,17-19,38H,16H2,1-2H3. The van der Waals surface area contributed by atoms with Crippen molar-refractivity contribution in [2.75, 3.05) is 7.11 Å². The summed E-state index contributed by atoms with van der Waals surface area (Å²) in [7, 11) is 3.43. The van der Waals surface area contributed by atoms with Crippen LogP contribution in [0, 0.1) is 0 Å². The molecule has 2 aromatic carbocycles. The van der Waals surface area contributed by atoms with Crippen LogP contribution < -0.4 is 4.74 Å². The summed E-state index contributed by atoms with van der Waals surface area (Å²) in [6, 6.07) is 21.0. The summed E-state index contributed by atoms with van der Waals surface area (Å²) in [5.74, 6) is 0.461. The van der Waals surface area contributed by atoms with E-state index in [-0.39, 0.29) is 0 Å². The molecule has 0 saturated heterocycles. The van der Waals surface area contributed by atoms with Gasteiger partial charge in [0.25, 0.3) is 0 Å². The zero-order valence-corrected chi connectivity index (χ0v) is 22.1. The van der Waals surface area contributed by atoms with Crippen LogP contribution in [0.25, 0.3) is 16.6 Å². The Labute approximate surface area is 230 Å². The monoisotopic (exact) mass is 536 g/mol. The molecule has 0 radical (unpaired) electrons. The van der Waals surface area contributed by atoms with Gasteiger partial charge in [-0.15, -0.1) is 0 Å². The van der Waals surface area contributed by atoms with Crippen molar-refractivity contribution in [3.05, 3.63) is 131 Å². The molecule has 6 aromatic rings. The minimum absolute atomic E-state index is 0.461. The summed E-state index contributed by atoms with van der Waals surface area (Å²) in [6.45, 7) is 0. The van der Waals surface area contributed by atoms with E-state index in [0.29, 0.717) is 45.2 Å². The molecule has 0 aliphatic carbocycles. The lowest BCUT2D eigenvalue weighted by molar-refractivity contribution is 0.113. The highest BCUT2D eigenvalue weighted by atomic mass is 35.5. The third-order valence-corrected chi connectivity index (χ3v) is 7.33. The van der Waals surface area contributed by atoms with Crippen LogP contribution in [0.1, 0.15) is 28.1 Å². The van der Waals surface area contributed by atoms with Crippen LogP contribution >= 0.6 is 11.6 Å². The van der Waals surface area contributed by atoms with Crippen LogP contribution in [-0.2, 0) is 19.1 Å². The second-order valence-electron chi connectivity index (χ2n) is 9.25. The molecule has 8 nitrogen and oxygen atoms in total. The first-order valence-corrected chi connectivity index (χ1v) is 12.7. The van der Waals surface area contributed by atoms with E-state index in [1.165, 1.54) is 0 Å². The number of hydrogen-bond donors (Lipinski definition) is 1. The molecule has 0 aliphatic rings. The Morgan fingerprint density at radius 3 is 2.54 bits per heavy atom. The molecule has 0 amide bonds. The van der Waals surface area contributed by atoms with Crippen molar-refractivity contribution in [1.82, 2.24) is 29.3 Å². The Kier molecular flexibility index (Phi) is 6.34. The largest absolute Gasteiger partial charge is 0.481 e. The highest BCUT2D eigenvalue weighted by Gasteiger charge is 2.38. The number of methoxy groups -OCH3 is 1. The van der Waals surface area contributed by atoms with Crippen LogP contribution in [0.15, 0.2) is 97.8 Å². The summed E-state index contributed by atoms with van der Waals surface area (Å²) in [5, 5.41) is 17.7. The smallest absolute Gasteiger partial charge is 0.218 e. The number of halogens is 1. The molecular weight excluding hydrogens is 512 g/mol. The molecule has 6 rings (SSSR count). The van der Waals surface area contributed by atoms with Gasteiger partial charge in [0.2, 0.25) is 5.88 Å². The third-order valence-electron chi connectivity index (χ3n) is 6.90. The summed E-state index contributed by atoms with van der Waals surface area (Å²) in [5.41, 5.74) is 3.52. The zero-order chi connectivity index (χ0) is 27.0. The number of pyridine rings is 2. The van der Waals surface area contributed by atoms with Crippen molar-refractivity contribution >= 4 is 22.5 Å². The Morgan fingerprint density at radius 1 is 1.03 bits per heavy atom. The number of imidazole rings is 1. The molecule has 0 spiro atoms. The van der Waals surface area contributed by atoms with Crippen LogP contribution in [0.2, 0.25) is 5.02 Å². The molecule has 4 aromatic heterocycles. The number of benzene rings is 2. The van der Waals surface area contributed by atoms with Crippen LogP contribution in [0.4, 0.5) is 0 Å². The number of hydrogen-bond acceptors (Lipinski definition) is 6. The lowest BCUT2D eigenvalue weighted by Gasteiger charge is -2.29. The van der Waals surface area contributed by atoms with E-state index in [9.17, 15) is 5.11 Å². The summed E-state index contributed by atoms with van der Waals surface area (Å²) < 4.78 is 9.24. The van der Waals surface area contributed by atoms with Crippen molar-refractivity contribution < 1.29 is 9.84 Å². The molecule has 1 N–H and O–H groups in total. The predicted molar refractivity (Wildman–Crippen MR) is 149 cm³/mol. The Hall–Kier alpha value is -4.53. The molecule has 194 valence electrons. The van der Waals surface area contributed by atoms with Crippen LogP contribution in [-0.4, -0.2) is 41.5 Å². The highest BCUT2D eigenvalue weighted by Crippen LogP contribution is 2.40. The fourth-order valence-corrected chi connectivity index (χ4v) is 5.19. The van der Waals surface area contributed by atoms with Crippen molar-refractivity contribution in [2.45, 2.75) is 12.0 Å². The number of ether oxygens (including phenoxy) is 1.